The summed E-state index contributed by atoms with van der Waals surface area (Å²) in [6.07, 6.45) is -6.40. The lowest BCUT2D eigenvalue weighted by Gasteiger charge is -2.70. The van der Waals surface area contributed by atoms with E-state index in [0.717, 1.165) is 18.4 Å². The molecule has 0 spiro atoms. The predicted molar refractivity (Wildman–Crippen MR) is 198 cm³/mol. The lowest BCUT2D eigenvalue weighted by atomic mass is 9.33. The van der Waals surface area contributed by atoms with Gasteiger partial charge in [-0.2, -0.15) is 0 Å². The molecule has 2 saturated heterocycles. The number of rotatable bonds is 6. The Hall–Kier alpha value is -1.72. The molecule has 14 nitrogen and oxygen atoms in total. The molecular formula is C42H66O14. The predicted octanol–water partition coefficient (Wildman–Crippen LogP) is 2.41. The monoisotopic (exact) mass is 794 g/mol. The molecule has 18 atom stereocenters. The van der Waals surface area contributed by atoms with E-state index in [9.17, 15) is 50.4 Å². The van der Waals surface area contributed by atoms with Gasteiger partial charge in [0.25, 0.3) is 0 Å². The van der Waals surface area contributed by atoms with Crippen molar-refractivity contribution in [2.24, 2.45) is 50.2 Å². The fourth-order valence-corrected chi connectivity index (χ4v) is 13.6. The lowest BCUT2D eigenvalue weighted by molar-refractivity contribution is -0.324. The van der Waals surface area contributed by atoms with Crippen LogP contribution in [0.3, 0.4) is 0 Å². The van der Waals surface area contributed by atoms with Gasteiger partial charge in [-0.1, -0.05) is 53.2 Å². The van der Waals surface area contributed by atoms with Crippen molar-refractivity contribution in [1.29, 1.82) is 0 Å². The molecule has 0 aromatic rings. The first-order valence-corrected chi connectivity index (χ1v) is 20.8. The number of allylic oxidation sites excluding steroid dienone is 1. The highest BCUT2D eigenvalue weighted by Crippen LogP contribution is 2.76. The van der Waals surface area contributed by atoms with Crippen LogP contribution in [0.1, 0.15) is 113 Å². The maximum atomic E-state index is 14.6. The molecule has 0 radical (unpaired) electrons. The van der Waals surface area contributed by atoms with E-state index in [0.29, 0.717) is 38.5 Å². The fourth-order valence-electron chi connectivity index (χ4n) is 13.6. The van der Waals surface area contributed by atoms with Crippen LogP contribution in [0.5, 0.6) is 0 Å². The van der Waals surface area contributed by atoms with E-state index in [2.05, 4.69) is 47.6 Å². The Morgan fingerprint density at radius 1 is 0.768 bits per heavy atom. The molecule has 6 fully saturated rings. The van der Waals surface area contributed by atoms with Crippen LogP contribution in [0.25, 0.3) is 0 Å². The quantitative estimate of drug-likeness (QED) is 0.110. The van der Waals surface area contributed by atoms with Gasteiger partial charge in [-0.3, -0.25) is 9.59 Å². The minimum absolute atomic E-state index is 0.00694. The van der Waals surface area contributed by atoms with Gasteiger partial charge in [-0.25, -0.2) is 0 Å². The Labute approximate surface area is 329 Å². The van der Waals surface area contributed by atoms with Crippen LogP contribution in [-0.4, -0.2) is 127 Å². The van der Waals surface area contributed by atoms with Gasteiger partial charge in [0.2, 0.25) is 6.29 Å². The maximum Gasteiger partial charge on any atom is 0.315 e. The zero-order valence-corrected chi connectivity index (χ0v) is 34.0. The standard InChI is InChI=1S/C42H66O14/c1-20-27(44)29(46)31(48)33(53-20)55-26-11-12-39(6)24(38(26,4)5)10-13-40(7)25(39)9-8-21-22-18-37(2,3)14-15-41(22,16-17-42(21,40)35(50)51)36(52)56-34-32(49)30(47)28(45)23(19-43)54-34/h8,20,22-34,43-49H,9-19H2,1-7H3,(H,50,51)/t20-,22+,23+,24+,25-,26+,27-,28+,29-,30-,31-,32+,33+,34-,39+,40+,41-,42+/m1/s1. The molecule has 318 valence electrons. The summed E-state index contributed by atoms with van der Waals surface area (Å²) in [6.45, 7) is 14.1. The van der Waals surface area contributed by atoms with Crippen molar-refractivity contribution >= 4 is 11.9 Å². The number of hydrogen-bond donors (Lipinski definition) is 8. The van der Waals surface area contributed by atoms with Crippen LogP contribution in [-0.2, 0) is 28.5 Å². The zero-order chi connectivity index (χ0) is 41.1. The smallest absolute Gasteiger partial charge is 0.315 e. The number of carbonyl (C=O) groups is 2. The van der Waals surface area contributed by atoms with Gasteiger partial charge in [0.15, 0.2) is 6.29 Å². The van der Waals surface area contributed by atoms with Crippen LogP contribution >= 0.6 is 0 Å². The van der Waals surface area contributed by atoms with Crippen molar-refractivity contribution in [2.75, 3.05) is 6.61 Å². The van der Waals surface area contributed by atoms with Crippen LogP contribution in [0, 0.1) is 50.2 Å². The molecule has 4 saturated carbocycles. The zero-order valence-electron chi connectivity index (χ0n) is 34.0. The third-order valence-corrected chi connectivity index (χ3v) is 17.0. The number of carboxylic acid groups (broad SMARTS) is 1. The van der Waals surface area contributed by atoms with Crippen LogP contribution in [0.2, 0.25) is 0 Å². The third-order valence-electron chi connectivity index (χ3n) is 17.0. The topological polar surface area (TPSA) is 233 Å². The molecule has 7 aliphatic rings. The molecule has 0 aromatic carbocycles. The first-order chi connectivity index (χ1) is 26.0. The minimum atomic E-state index is -1.74. The second-order valence-corrected chi connectivity index (χ2v) is 20.5. The molecule has 0 aromatic heterocycles. The molecular weight excluding hydrogens is 728 g/mol. The second-order valence-electron chi connectivity index (χ2n) is 20.5. The summed E-state index contributed by atoms with van der Waals surface area (Å²) in [4.78, 5) is 28.7. The summed E-state index contributed by atoms with van der Waals surface area (Å²) >= 11 is 0. The number of ether oxygens (including phenoxy) is 4. The van der Waals surface area contributed by atoms with Crippen molar-refractivity contribution in [1.82, 2.24) is 0 Å². The summed E-state index contributed by atoms with van der Waals surface area (Å²) in [6, 6.07) is 0. The number of hydrogen-bond acceptors (Lipinski definition) is 13. The van der Waals surface area contributed by atoms with Gasteiger partial charge in [-0.05, 0) is 111 Å². The van der Waals surface area contributed by atoms with Crippen LogP contribution in [0.15, 0.2) is 11.6 Å². The number of carboxylic acids is 1. The molecule has 5 aliphatic carbocycles. The summed E-state index contributed by atoms with van der Waals surface area (Å²) in [7, 11) is 0. The summed E-state index contributed by atoms with van der Waals surface area (Å²) in [5.74, 6) is -1.85. The summed E-state index contributed by atoms with van der Waals surface area (Å²) in [5, 5.41) is 84.4. The molecule has 8 N–H and O–H groups in total. The Balaban J connectivity index is 1.20. The molecule has 2 aliphatic heterocycles. The Kier molecular flexibility index (Phi) is 10.8. The Morgan fingerprint density at radius 3 is 2.07 bits per heavy atom. The van der Waals surface area contributed by atoms with E-state index in [1.54, 1.807) is 6.92 Å². The van der Waals surface area contributed by atoms with Crippen molar-refractivity contribution in [3.05, 3.63) is 11.6 Å². The van der Waals surface area contributed by atoms with Crippen LogP contribution in [0.4, 0.5) is 0 Å². The first kappa shape index (κ1) is 42.4. The Morgan fingerprint density at radius 2 is 1.41 bits per heavy atom. The SMILES string of the molecule is C[C@H]1O[C@@H](O[C@H]2CC[C@]3(C)[C@H]4CC=C5[C@@H]6CC(C)(C)CC[C@@]6(C(=O)O[C@H]6O[C@@H](CO)[C@H](O)[C@@H](O)[C@@H]6O)CC[C@]5(C(=O)O)[C@@]4(C)CC[C@H]3C2(C)C)[C@H](O)[C@H](O)[C@@H]1O. The first-order valence-electron chi connectivity index (χ1n) is 20.8. The number of carbonyl (C=O) groups excluding carboxylic acids is 1. The summed E-state index contributed by atoms with van der Waals surface area (Å²) in [5.41, 5.74) is -3.13. The van der Waals surface area contributed by atoms with Gasteiger partial charge < -0.3 is 59.8 Å². The molecule has 0 amide bonds. The molecule has 0 bridgehead atoms. The van der Waals surface area contributed by atoms with Crippen molar-refractivity contribution in [3.8, 4) is 0 Å². The number of fused-ring (bicyclic) bond motifs is 7. The van der Waals surface area contributed by atoms with Gasteiger partial charge >= 0.3 is 11.9 Å². The van der Waals surface area contributed by atoms with E-state index < -0.39 is 108 Å². The van der Waals surface area contributed by atoms with E-state index in [1.165, 1.54) is 0 Å². The minimum Gasteiger partial charge on any atom is -0.481 e. The van der Waals surface area contributed by atoms with E-state index in [4.69, 9.17) is 18.9 Å². The number of aliphatic hydroxyl groups is 7. The third kappa shape index (κ3) is 6.01. The second kappa shape index (κ2) is 14.2. The van der Waals surface area contributed by atoms with Gasteiger partial charge in [0.05, 0.1) is 29.6 Å². The van der Waals surface area contributed by atoms with E-state index in [1.807, 2.05) is 0 Å². The van der Waals surface area contributed by atoms with Gasteiger partial charge in [-0.15, -0.1) is 0 Å². The molecule has 2 heterocycles. The number of esters is 1. The number of aliphatic carboxylic acids is 1. The average molecular weight is 795 g/mol. The fraction of sp³-hybridized carbons (Fsp3) is 0.905. The van der Waals surface area contributed by atoms with Crippen molar-refractivity contribution in [2.45, 2.75) is 180 Å². The van der Waals surface area contributed by atoms with Crippen LogP contribution < -0.4 is 0 Å². The molecule has 7 rings (SSSR count). The number of aliphatic hydroxyl groups excluding tert-OH is 7. The average Bonchev–Trinajstić information content (AvgIpc) is 3.13. The van der Waals surface area contributed by atoms with E-state index >= 15 is 0 Å². The highest BCUT2D eigenvalue weighted by atomic mass is 16.7. The van der Waals surface area contributed by atoms with Crippen molar-refractivity contribution < 1.29 is 69.4 Å². The normalized spacial score (nSPS) is 52.3. The van der Waals surface area contributed by atoms with Crippen molar-refractivity contribution in [3.63, 3.8) is 0 Å². The highest BCUT2D eigenvalue weighted by molar-refractivity contribution is 5.85. The molecule has 0 unspecified atom stereocenters. The largest absolute Gasteiger partial charge is 0.481 e. The lowest BCUT2D eigenvalue weighted by Crippen LogP contribution is -2.68. The van der Waals surface area contributed by atoms with Gasteiger partial charge in [0.1, 0.15) is 42.7 Å². The summed E-state index contributed by atoms with van der Waals surface area (Å²) < 4.78 is 23.8. The maximum absolute atomic E-state index is 14.6. The van der Waals surface area contributed by atoms with Gasteiger partial charge in [0, 0.05) is 0 Å². The Bertz CT molecular complexity index is 1560. The highest BCUT2D eigenvalue weighted by Gasteiger charge is 2.73. The molecule has 56 heavy (non-hydrogen) atoms. The van der Waals surface area contributed by atoms with E-state index in [-0.39, 0.29) is 41.6 Å². The molecule has 14 heteroatoms.